The number of thiazole rings is 1. The summed E-state index contributed by atoms with van der Waals surface area (Å²) in [6.07, 6.45) is 4.88. The zero-order chi connectivity index (χ0) is 60.7. The number of ether oxygens (including phenoxy) is 1. The summed E-state index contributed by atoms with van der Waals surface area (Å²) in [6.45, 7) is 13.7. The summed E-state index contributed by atoms with van der Waals surface area (Å²) >= 11 is 1.16. The number of carboxylic acids is 1. The Hall–Kier alpha value is -6.97. The third-order valence-electron chi connectivity index (χ3n) is 12.0. The van der Waals surface area contributed by atoms with Crippen molar-refractivity contribution in [3.8, 4) is 0 Å². The highest BCUT2D eigenvalue weighted by Gasteiger charge is 2.34. The fourth-order valence-electron chi connectivity index (χ4n) is 7.65. The predicted octanol–water partition coefficient (Wildman–Crippen LogP) is 2.49. The predicted molar refractivity (Wildman–Crippen MR) is 305 cm³/mol. The molecule has 14 N–H and O–H groups in total. The topological polar surface area (TPSA) is 386 Å². The van der Waals surface area contributed by atoms with Crippen LogP contribution in [0.25, 0.3) is 0 Å². The number of nitrogens with zero attached hydrogens (tertiary/aromatic N) is 2. The molecule has 2 aromatic rings. The number of likely N-dealkylation sites (N-methyl/N-ethyl adjacent to an activating group) is 1. The number of anilines is 1. The van der Waals surface area contributed by atoms with Crippen LogP contribution in [0.4, 0.5) is 15.3 Å². The molecule has 452 valence electrons. The molecule has 0 radical (unpaired) electrons. The van der Waals surface area contributed by atoms with Gasteiger partial charge >= 0.3 is 18.1 Å². The number of aromatic nitrogens is 1. The summed E-state index contributed by atoms with van der Waals surface area (Å²) in [5, 5.41) is 35.6. The van der Waals surface area contributed by atoms with Crippen molar-refractivity contribution in [3.63, 3.8) is 0 Å². The fourth-order valence-corrected chi connectivity index (χ4v) is 8.49. The molecule has 0 aliphatic heterocycles. The SMILES string of the molecule is CC(C)C(NC(=O)CNC(=O)CON)C(=O)NCC=O.CCCNC(N)=O.CCC[C@H](NC(=O)CCCCCNC)C(=O)N(C)C(CC(OC(=O)NC)c1nc(C(=O)NC(Cc2ccc(NC)cc2)CC(C)C(=O)O)cs1)C(C)C. The number of hydrogen-bond acceptors (Lipinski definition) is 17. The van der Waals surface area contributed by atoms with E-state index in [-0.39, 0.29) is 61.9 Å². The van der Waals surface area contributed by atoms with E-state index in [9.17, 15) is 53.1 Å². The minimum atomic E-state index is -0.956. The third kappa shape index (κ3) is 31.0. The average Bonchev–Trinajstić information content (AvgIpc) is 3.92. The van der Waals surface area contributed by atoms with Crippen LogP contribution >= 0.6 is 11.3 Å². The van der Waals surface area contributed by atoms with Crippen LogP contribution in [0.5, 0.6) is 0 Å². The van der Waals surface area contributed by atoms with Gasteiger partial charge in [-0.05, 0) is 81.6 Å². The van der Waals surface area contributed by atoms with Crippen molar-refractivity contribution >= 4 is 76.8 Å². The molecule has 1 heterocycles. The number of nitrogens with one attached hydrogen (secondary N) is 9. The molecular weight excluding hydrogens is 1060 g/mol. The van der Waals surface area contributed by atoms with Crippen LogP contribution in [0.15, 0.2) is 29.6 Å². The number of carbonyl (C=O) groups excluding carboxylic acids is 9. The highest BCUT2D eigenvalue weighted by atomic mass is 32.1. The number of urea groups is 1. The smallest absolute Gasteiger partial charge is 0.407 e. The van der Waals surface area contributed by atoms with Crippen molar-refractivity contribution in [2.24, 2.45) is 29.4 Å². The van der Waals surface area contributed by atoms with Gasteiger partial charge in [0.25, 0.3) is 5.91 Å². The number of unbranched alkanes of at least 4 members (excludes halogenated alkanes) is 2. The van der Waals surface area contributed by atoms with Crippen LogP contribution in [0, 0.1) is 17.8 Å². The quantitative estimate of drug-likeness (QED) is 0.0268. The van der Waals surface area contributed by atoms with E-state index in [2.05, 4.69) is 57.7 Å². The van der Waals surface area contributed by atoms with Crippen molar-refractivity contribution in [3.05, 3.63) is 45.9 Å². The van der Waals surface area contributed by atoms with Crippen LogP contribution in [0.3, 0.4) is 0 Å². The van der Waals surface area contributed by atoms with Crippen LogP contribution in [0.2, 0.25) is 0 Å². The van der Waals surface area contributed by atoms with Gasteiger partial charge in [-0.3, -0.25) is 38.4 Å². The number of aliphatic carboxylic acids is 1. The Balaban J connectivity index is 0.00000190. The fraction of sp³-hybridized carbons (Fsp3) is 0.642. The van der Waals surface area contributed by atoms with E-state index >= 15 is 0 Å². The number of carboxylic acid groups (broad SMARTS) is 1. The van der Waals surface area contributed by atoms with Crippen molar-refractivity contribution in [2.75, 3.05) is 66.3 Å². The average molecular weight is 1150 g/mol. The Morgan fingerprint density at radius 2 is 1.49 bits per heavy atom. The molecule has 26 nitrogen and oxygen atoms in total. The third-order valence-corrected chi connectivity index (χ3v) is 13.0. The molecule has 0 spiro atoms. The van der Waals surface area contributed by atoms with E-state index in [0.717, 1.165) is 54.8 Å². The Kier molecular flexibility index (Phi) is 38.3. The standard InChI is InChI=1S/C38H61N7O7S.C11H20N4O5.C4H10N2O/c1-9-13-29(43-33(46)14-11-10-12-19-39-5)36(48)45(8)31(24(2)3)22-32(52-38(51)41-7)35-44-30(23-53-35)34(47)42-28(20-25(4)37(49)50)21-26-15-17-27(40-6)18-16-26;1-7(2)10(11(19)13-3-4-16)15-8(17)5-14-9(18)6-20-12;1-2-3-6-4(5)7/h15-18,23-25,28-29,31-32,39-40H,9-14,19-22H2,1-8H3,(H,41,51)(H,42,47)(H,43,46)(H,49,50);4,7,10H,3,5-6,12H2,1-2H3,(H,13,19)(H,14,18)(H,15,17);2-3H2,1H3,(H3,5,6,7)/t25?,28?,29-,31?,32?;;/m0../s1. The van der Waals surface area contributed by atoms with E-state index in [1.807, 2.05) is 66.1 Å². The second-order valence-electron chi connectivity index (χ2n) is 19.4. The second kappa shape index (κ2) is 42.0. The zero-order valence-electron chi connectivity index (χ0n) is 48.5. The molecule has 0 aliphatic rings. The lowest BCUT2D eigenvalue weighted by Crippen LogP contribution is -2.52. The van der Waals surface area contributed by atoms with Gasteiger partial charge in [0.15, 0.2) is 6.10 Å². The first-order valence-corrected chi connectivity index (χ1v) is 27.8. The Morgan fingerprint density at radius 3 is 2.01 bits per heavy atom. The molecular formula is C53H91N13O13S. The van der Waals surface area contributed by atoms with Crippen molar-refractivity contribution in [2.45, 2.75) is 143 Å². The number of alkyl carbamates (subject to hydrolysis) is 1. The molecule has 0 aliphatic carbocycles. The van der Waals surface area contributed by atoms with E-state index in [4.69, 9.17) is 16.4 Å². The van der Waals surface area contributed by atoms with E-state index < -0.39 is 77.9 Å². The van der Waals surface area contributed by atoms with Gasteiger partial charge in [-0.15, -0.1) is 11.3 Å². The Labute approximate surface area is 474 Å². The Morgan fingerprint density at radius 1 is 0.812 bits per heavy atom. The maximum absolute atomic E-state index is 13.9. The minimum absolute atomic E-state index is 0.0632. The summed E-state index contributed by atoms with van der Waals surface area (Å²) in [7, 11) is 6.85. The van der Waals surface area contributed by atoms with Gasteiger partial charge < -0.3 is 73.1 Å². The van der Waals surface area contributed by atoms with Crippen LogP contribution in [-0.4, -0.2) is 160 Å². The number of benzene rings is 1. The van der Waals surface area contributed by atoms with Gasteiger partial charge in [-0.25, -0.2) is 20.5 Å². The lowest BCUT2D eigenvalue weighted by Gasteiger charge is -2.35. The summed E-state index contributed by atoms with van der Waals surface area (Å²) in [5.74, 6) is 0.411. The molecule has 0 saturated heterocycles. The molecule has 27 heteroatoms. The number of rotatable bonds is 35. The van der Waals surface area contributed by atoms with Crippen molar-refractivity contribution in [1.82, 2.24) is 52.4 Å². The van der Waals surface area contributed by atoms with Gasteiger partial charge in [0.2, 0.25) is 29.5 Å². The first-order valence-electron chi connectivity index (χ1n) is 26.9. The zero-order valence-corrected chi connectivity index (χ0v) is 49.3. The normalized spacial score (nSPS) is 12.9. The number of primary amides is 1. The summed E-state index contributed by atoms with van der Waals surface area (Å²) in [6, 6.07) is 4.86. The summed E-state index contributed by atoms with van der Waals surface area (Å²) in [5.41, 5.74) is 6.70. The molecule has 0 bridgehead atoms. The lowest BCUT2D eigenvalue weighted by atomic mass is 9.95. The number of nitrogens with two attached hydrogens (primary N) is 2. The molecule has 80 heavy (non-hydrogen) atoms. The minimum Gasteiger partial charge on any atom is -0.481 e. The molecule has 2 rings (SSSR count). The molecule has 9 amide bonds. The highest BCUT2D eigenvalue weighted by molar-refractivity contribution is 7.09. The number of aldehydes is 1. The largest absolute Gasteiger partial charge is 0.481 e. The monoisotopic (exact) mass is 1150 g/mol. The number of amides is 9. The summed E-state index contributed by atoms with van der Waals surface area (Å²) < 4.78 is 5.78. The van der Waals surface area contributed by atoms with Crippen LogP contribution in [-0.2, 0) is 49.6 Å². The first kappa shape index (κ1) is 73.0. The van der Waals surface area contributed by atoms with Gasteiger partial charge in [0, 0.05) is 63.7 Å². The van der Waals surface area contributed by atoms with E-state index in [1.165, 1.54) is 7.05 Å². The van der Waals surface area contributed by atoms with Gasteiger partial charge in [0.05, 0.1) is 19.0 Å². The first-order chi connectivity index (χ1) is 37.9. The molecule has 6 atom stereocenters. The molecule has 1 aromatic carbocycles. The van der Waals surface area contributed by atoms with Gasteiger partial charge in [-0.1, -0.05) is 73.4 Å². The maximum atomic E-state index is 13.9. The lowest BCUT2D eigenvalue weighted by molar-refractivity contribution is -0.141. The Bertz CT molecular complexity index is 2200. The van der Waals surface area contributed by atoms with Gasteiger partial charge in [-0.2, -0.15) is 0 Å². The van der Waals surface area contributed by atoms with Crippen LogP contribution in [0.1, 0.15) is 133 Å². The highest BCUT2D eigenvalue weighted by Crippen LogP contribution is 2.31. The van der Waals surface area contributed by atoms with Crippen LogP contribution < -0.4 is 59.5 Å². The molecule has 0 saturated carbocycles. The molecule has 5 unspecified atom stereocenters. The van der Waals surface area contributed by atoms with Crippen molar-refractivity contribution < 1.29 is 62.6 Å². The van der Waals surface area contributed by atoms with E-state index in [0.29, 0.717) is 43.5 Å². The molecule has 0 fully saturated rings. The van der Waals surface area contributed by atoms with Crippen molar-refractivity contribution in [1.29, 1.82) is 0 Å². The molecule has 1 aromatic heterocycles. The number of carbonyl (C=O) groups is 10. The maximum Gasteiger partial charge on any atom is 0.407 e. The number of hydrogen-bond donors (Lipinski definition) is 12. The van der Waals surface area contributed by atoms with E-state index in [1.54, 1.807) is 38.1 Å². The van der Waals surface area contributed by atoms with Gasteiger partial charge in [0.1, 0.15) is 35.7 Å². The summed E-state index contributed by atoms with van der Waals surface area (Å²) in [4.78, 5) is 129. The second-order valence-corrected chi connectivity index (χ2v) is 20.3.